The summed E-state index contributed by atoms with van der Waals surface area (Å²) >= 11 is 0. The van der Waals surface area contributed by atoms with Crippen LogP contribution in [0.3, 0.4) is 0 Å². The van der Waals surface area contributed by atoms with Crippen molar-refractivity contribution in [2.24, 2.45) is 5.92 Å². The molecule has 2 nitrogen and oxygen atoms in total. The molecule has 2 fully saturated rings. The molecule has 0 bridgehead atoms. The fourth-order valence-corrected chi connectivity index (χ4v) is 3.39. The first-order chi connectivity index (χ1) is 9.34. The van der Waals surface area contributed by atoms with Crippen molar-refractivity contribution in [1.29, 1.82) is 0 Å². The van der Waals surface area contributed by atoms with Crippen LogP contribution in [0.1, 0.15) is 50.0 Å². The van der Waals surface area contributed by atoms with Gasteiger partial charge < -0.3 is 10.4 Å². The van der Waals surface area contributed by atoms with Crippen molar-refractivity contribution in [2.45, 2.75) is 56.6 Å². The fraction of sp³-hybridized carbons (Fsp3) is 0.647. The number of hydrogen-bond acceptors (Lipinski definition) is 2. The van der Waals surface area contributed by atoms with Crippen LogP contribution in [0.25, 0.3) is 0 Å². The third-order valence-electron chi connectivity index (χ3n) is 4.75. The SMILES string of the molecule is OC(CNC1CCCCC1c1ccccc1)C1CC1. The molecule has 2 N–H and O–H groups in total. The number of aliphatic hydroxyl groups is 1. The Morgan fingerprint density at radius 2 is 1.79 bits per heavy atom. The summed E-state index contributed by atoms with van der Waals surface area (Å²) in [6, 6.07) is 11.4. The van der Waals surface area contributed by atoms with E-state index in [9.17, 15) is 5.11 Å². The van der Waals surface area contributed by atoms with Gasteiger partial charge in [0.1, 0.15) is 0 Å². The molecule has 2 aliphatic carbocycles. The van der Waals surface area contributed by atoms with Crippen LogP contribution in [0, 0.1) is 5.92 Å². The van der Waals surface area contributed by atoms with E-state index in [0.717, 1.165) is 6.54 Å². The minimum atomic E-state index is -0.127. The van der Waals surface area contributed by atoms with E-state index in [1.807, 2.05) is 0 Å². The van der Waals surface area contributed by atoms with Crippen LogP contribution in [0.5, 0.6) is 0 Å². The summed E-state index contributed by atoms with van der Waals surface area (Å²) in [4.78, 5) is 0. The van der Waals surface area contributed by atoms with Crippen molar-refractivity contribution < 1.29 is 5.11 Å². The summed E-state index contributed by atoms with van der Waals surface area (Å²) in [6.45, 7) is 0.776. The van der Waals surface area contributed by atoms with E-state index >= 15 is 0 Å². The largest absolute Gasteiger partial charge is 0.392 e. The second-order valence-electron chi connectivity index (χ2n) is 6.22. The molecule has 2 aliphatic rings. The molecule has 1 aromatic carbocycles. The Balaban J connectivity index is 1.60. The Morgan fingerprint density at radius 1 is 1.05 bits per heavy atom. The summed E-state index contributed by atoms with van der Waals surface area (Å²) in [5, 5.41) is 13.7. The van der Waals surface area contributed by atoms with Crippen molar-refractivity contribution in [3.63, 3.8) is 0 Å². The Kier molecular flexibility index (Phi) is 4.19. The zero-order valence-corrected chi connectivity index (χ0v) is 11.6. The molecule has 0 heterocycles. The van der Waals surface area contributed by atoms with E-state index in [1.54, 1.807) is 0 Å². The zero-order chi connectivity index (χ0) is 13.1. The van der Waals surface area contributed by atoms with Gasteiger partial charge in [-0.05, 0) is 43.1 Å². The number of hydrogen-bond donors (Lipinski definition) is 2. The highest BCUT2D eigenvalue weighted by Gasteiger charge is 2.31. The minimum Gasteiger partial charge on any atom is -0.392 e. The van der Waals surface area contributed by atoms with Gasteiger partial charge in [-0.25, -0.2) is 0 Å². The summed E-state index contributed by atoms with van der Waals surface area (Å²) in [5.74, 6) is 1.20. The first-order valence-electron chi connectivity index (χ1n) is 7.81. The average molecular weight is 259 g/mol. The molecule has 1 aromatic rings. The third kappa shape index (κ3) is 3.37. The van der Waals surface area contributed by atoms with E-state index in [-0.39, 0.29) is 6.10 Å². The maximum absolute atomic E-state index is 10.0. The molecule has 2 saturated carbocycles. The molecule has 19 heavy (non-hydrogen) atoms. The standard InChI is InChI=1S/C17H25NO/c19-17(14-10-11-14)12-18-16-9-5-4-8-15(16)13-6-2-1-3-7-13/h1-3,6-7,14-19H,4-5,8-12H2. The third-order valence-corrected chi connectivity index (χ3v) is 4.75. The normalized spacial score (nSPS) is 29.1. The molecule has 0 spiro atoms. The number of benzene rings is 1. The van der Waals surface area contributed by atoms with Crippen LogP contribution in [-0.2, 0) is 0 Å². The van der Waals surface area contributed by atoms with E-state index in [1.165, 1.54) is 44.1 Å². The lowest BCUT2D eigenvalue weighted by Crippen LogP contribution is -2.41. The second kappa shape index (κ2) is 6.06. The first-order valence-corrected chi connectivity index (χ1v) is 7.81. The molecule has 3 atom stereocenters. The highest BCUT2D eigenvalue weighted by Crippen LogP contribution is 2.34. The predicted molar refractivity (Wildman–Crippen MR) is 78.2 cm³/mol. The van der Waals surface area contributed by atoms with Crippen molar-refractivity contribution >= 4 is 0 Å². The summed E-state index contributed by atoms with van der Waals surface area (Å²) in [6.07, 6.45) is 7.49. The van der Waals surface area contributed by atoms with Gasteiger partial charge in [0.25, 0.3) is 0 Å². The number of nitrogens with one attached hydrogen (secondary N) is 1. The zero-order valence-electron chi connectivity index (χ0n) is 11.6. The Hall–Kier alpha value is -0.860. The second-order valence-corrected chi connectivity index (χ2v) is 6.22. The van der Waals surface area contributed by atoms with Crippen LogP contribution in [0.4, 0.5) is 0 Å². The van der Waals surface area contributed by atoms with Gasteiger partial charge in [0, 0.05) is 12.6 Å². The van der Waals surface area contributed by atoms with Gasteiger partial charge in [-0.2, -0.15) is 0 Å². The van der Waals surface area contributed by atoms with E-state index < -0.39 is 0 Å². The summed E-state index contributed by atoms with van der Waals surface area (Å²) in [7, 11) is 0. The lowest BCUT2D eigenvalue weighted by Gasteiger charge is -2.33. The molecular formula is C17H25NO. The van der Waals surface area contributed by atoms with Crippen molar-refractivity contribution in [3.05, 3.63) is 35.9 Å². The van der Waals surface area contributed by atoms with Crippen molar-refractivity contribution in [1.82, 2.24) is 5.32 Å². The van der Waals surface area contributed by atoms with E-state index in [2.05, 4.69) is 35.6 Å². The monoisotopic (exact) mass is 259 g/mol. The number of rotatable bonds is 5. The maximum Gasteiger partial charge on any atom is 0.0692 e. The highest BCUT2D eigenvalue weighted by atomic mass is 16.3. The molecule has 0 aliphatic heterocycles. The fourth-order valence-electron chi connectivity index (χ4n) is 3.39. The summed E-state index contributed by atoms with van der Waals surface area (Å²) < 4.78 is 0. The first kappa shape index (κ1) is 13.1. The Bertz CT molecular complexity index is 388. The maximum atomic E-state index is 10.0. The van der Waals surface area contributed by atoms with Gasteiger partial charge in [0.15, 0.2) is 0 Å². The molecule has 104 valence electrons. The molecule has 3 rings (SSSR count). The summed E-state index contributed by atoms with van der Waals surface area (Å²) in [5.41, 5.74) is 1.46. The minimum absolute atomic E-state index is 0.127. The van der Waals surface area contributed by atoms with Crippen LogP contribution in [-0.4, -0.2) is 23.8 Å². The topological polar surface area (TPSA) is 32.3 Å². The van der Waals surface area contributed by atoms with Gasteiger partial charge in [0.2, 0.25) is 0 Å². The van der Waals surface area contributed by atoms with E-state index in [0.29, 0.717) is 17.9 Å². The Labute approximate surface area is 116 Å². The lowest BCUT2D eigenvalue weighted by atomic mass is 9.80. The molecule has 0 saturated heterocycles. The van der Waals surface area contributed by atoms with Gasteiger partial charge in [-0.1, -0.05) is 43.2 Å². The van der Waals surface area contributed by atoms with Crippen molar-refractivity contribution in [2.75, 3.05) is 6.54 Å². The smallest absolute Gasteiger partial charge is 0.0692 e. The Morgan fingerprint density at radius 3 is 2.53 bits per heavy atom. The van der Waals surface area contributed by atoms with Crippen LogP contribution in [0.2, 0.25) is 0 Å². The van der Waals surface area contributed by atoms with Gasteiger partial charge in [-0.3, -0.25) is 0 Å². The molecule has 2 heteroatoms. The van der Waals surface area contributed by atoms with Gasteiger partial charge >= 0.3 is 0 Å². The molecule has 0 radical (unpaired) electrons. The van der Waals surface area contributed by atoms with E-state index in [4.69, 9.17) is 0 Å². The lowest BCUT2D eigenvalue weighted by molar-refractivity contribution is 0.139. The molecule has 0 aromatic heterocycles. The highest BCUT2D eigenvalue weighted by molar-refractivity contribution is 5.22. The predicted octanol–water partition coefficient (Wildman–Crippen LogP) is 3.07. The average Bonchev–Trinajstić information content (AvgIpc) is 3.31. The number of aliphatic hydroxyl groups excluding tert-OH is 1. The van der Waals surface area contributed by atoms with Crippen LogP contribution < -0.4 is 5.32 Å². The van der Waals surface area contributed by atoms with Gasteiger partial charge in [0.05, 0.1) is 6.10 Å². The van der Waals surface area contributed by atoms with Crippen molar-refractivity contribution in [3.8, 4) is 0 Å². The molecule has 0 amide bonds. The van der Waals surface area contributed by atoms with Gasteiger partial charge in [-0.15, -0.1) is 0 Å². The quantitative estimate of drug-likeness (QED) is 0.851. The molecular weight excluding hydrogens is 234 g/mol. The van der Waals surface area contributed by atoms with Crippen LogP contribution in [0.15, 0.2) is 30.3 Å². The molecule has 3 unspecified atom stereocenters. The van der Waals surface area contributed by atoms with Crippen LogP contribution >= 0.6 is 0 Å².